The number of hydrogen-bond acceptors (Lipinski definition) is 9. The first-order valence-corrected chi connectivity index (χ1v) is 13.0. The van der Waals surface area contributed by atoms with Crippen molar-refractivity contribution in [2.45, 2.75) is 25.2 Å². The minimum absolute atomic E-state index is 0.0933. The largest absolute Gasteiger partial charge is 0.494 e. The Morgan fingerprint density at radius 1 is 1.08 bits per heavy atom. The summed E-state index contributed by atoms with van der Waals surface area (Å²) >= 11 is 5.94. The van der Waals surface area contributed by atoms with Crippen LogP contribution in [0.2, 0.25) is 5.02 Å². The third-order valence-corrected chi connectivity index (χ3v) is 7.59. The van der Waals surface area contributed by atoms with Crippen LogP contribution < -0.4 is 14.2 Å². The van der Waals surface area contributed by atoms with Crippen LogP contribution in [0.3, 0.4) is 0 Å². The van der Waals surface area contributed by atoms with E-state index in [1.54, 1.807) is 36.4 Å². The minimum Gasteiger partial charge on any atom is -0.494 e. The second-order valence-electron chi connectivity index (χ2n) is 8.04. The summed E-state index contributed by atoms with van der Waals surface area (Å²) in [7, 11) is 0.303. The average Bonchev–Trinajstić information content (AvgIpc) is 3.50. The number of sulfonamides is 1. The van der Waals surface area contributed by atoms with Gasteiger partial charge in [0.15, 0.2) is 5.82 Å². The Kier molecular flexibility index (Phi) is 7.66. The van der Waals surface area contributed by atoms with Crippen LogP contribution >= 0.6 is 11.6 Å². The number of nitrogens with one attached hydrogen (secondary N) is 2. The number of pyridine rings is 1. The Balaban J connectivity index is 1.82. The molecular formula is C23H26ClN7O5S. The fourth-order valence-corrected chi connectivity index (χ4v) is 5.06. The SMILES string of the molecule is COc1cccc(OC)c1-n1c(NS(=O)(=O)[C@@H](C)[C@H](OC)c2ccc(Cl)cn2)nnc1-c1cc(C)[nH]n1. The zero-order valence-electron chi connectivity index (χ0n) is 20.8. The number of benzene rings is 1. The Labute approximate surface area is 219 Å². The molecule has 1 aromatic carbocycles. The van der Waals surface area contributed by atoms with Gasteiger partial charge in [-0.3, -0.25) is 19.4 Å². The van der Waals surface area contributed by atoms with E-state index in [1.807, 2.05) is 6.92 Å². The fourth-order valence-electron chi connectivity index (χ4n) is 3.80. The maximum Gasteiger partial charge on any atom is 0.243 e. The van der Waals surface area contributed by atoms with Crippen LogP contribution in [-0.2, 0) is 14.8 Å². The van der Waals surface area contributed by atoms with Gasteiger partial charge < -0.3 is 14.2 Å². The predicted octanol–water partition coefficient (Wildman–Crippen LogP) is 3.55. The van der Waals surface area contributed by atoms with Crippen LogP contribution in [0.15, 0.2) is 42.6 Å². The lowest BCUT2D eigenvalue weighted by Gasteiger charge is -2.23. The number of para-hydroxylation sites is 1. The first-order valence-electron chi connectivity index (χ1n) is 11.0. The first-order chi connectivity index (χ1) is 17.7. The van der Waals surface area contributed by atoms with Crippen molar-refractivity contribution in [2.75, 3.05) is 26.1 Å². The van der Waals surface area contributed by atoms with Crippen molar-refractivity contribution in [3.05, 3.63) is 59.0 Å². The van der Waals surface area contributed by atoms with E-state index in [0.29, 0.717) is 33.6 Å². The van der Waals surface area contributed by atoms with Gasteiger partial charge in [-0.25, -0.2) is 8.42 Å². The fraction of sp³-hybridized carbons (Fsp3) is 0.304. The number of hydrogen-bond donors (Lipinski definition) is 2. The highest BCUT2D eigenvalue weighted by atomic mass is 35.5. The molecule has 2 atom stereocenters. The van der Waals surface area contributed by atoms with Gasteiger partial charge in [-0.2, -0.15) is 5.10 Å². The lowest BCUT2D eigenvalue weighted by molar-refractivity contribution is 0.0989. The van der Waals surface area contributed by atoms with E-state index >= 15 is 0 Å². The van der Waals surface area contributed by atoms with Gasteiger partial charge in [-0.15, -0.1) is 10.2 Å². The zero-order valence-corrected chi connectivity index (χ0v) is 22.3. The summed E-state index contributed by atoms with van der Waals surface area (Å²) in [6.45, 7) is 3.34. The maximum atomic E-state index is 13.6. The van der Waals surface area contributed by atoms with Crippen LogP contribution in [0.5, 0.6) is 11.5 Å². The van der Waals surface area contributed by atoms with Crippen molar-refractivity contribution >= 4 is 27.6 Å². The van der Waals surface area contributed by atoms with Crippen LogP contribution in [0.4, 0.5) is 5.95 Å². The van der Waals surface area contributed by atoms with E-state index in [9.17, 15) is 8.42 Å². The summed E-state index contributed by atoms with van der Waals surface area (Å²) in [6, 6.07) is 10.2. The van der Waals surface area contributed by atoms with Gasteiger partial charge >= 0.3 is 0 Å². The van der Waals surface area contributed by atoms with Crippen LogP contribution in [0, 0.1) is 6.92 Å². The van der Waals surface area contributed by atoms with Gasteiger partial charge in [0.25, 0.3) is 0 Å². The molecule has 0 saturated heterocycles. The number of nitrogens with zero attached hydrogens (tertiary/aromatic N) is 5. The maximum absolute atomic E-state index is 13.6. The van der Waals surface area contributed by atoms with Gasteiger partial charge in [0.2, 0.25) is 16.0 Å². The highest BCUT2D eigenvalue weighted by Crippen LogP contribution is 2.38. The van der Waals surface area contributed by atoms with Crippen molar-refractivity contribution in [2.24, 2.45) is 0 Å². The predicted molar refractivity (Wildman–Crippen MR) is 138 cm³/mol. The lowest BCUT2D eigenvalue weighted by atomic mass is 10.2. The molecule has 12 nitrogen and oxygen atoms in total. The number of ether oxygens (including phenoxy) is 3. The first kappa shape index (κ1) is 26.4. The third-order valence-electron chi connectivity index (χ3n) is 5.67. The molecule has 196 valence electrons. The minimum atomic E-state index is -4.10. The lowest BCUT2D eigenvalue weighted by Crippen LogP contribution is -2.33. The number of aromatic amines is 1. The molecular weight excluding hydrogens is 522 g/mol. The summed E-state index contributed by atoms with van der Waals surface area (Å²) < 4.78 is 47.8. The number of aromatic nitrogens is 6. The van der Waals surface area contributed by atoms with Crippen molar-refractivity contribution in [1.29, 1.82) is 0 Å². The van der Waals surface area contributed by atoms with E-state index in [0.717, 1.165) is 5.69 Å². The van der Waals surface area contributed by atoms with Crippen molar-refractivity contribution in [3.8, 4) is 28.7 Å². The van der Waals surface area contributed by atoms with Gasteiger partial charge in [-0.1, -0.05) is 17.7 Å². The van der Waals surface area contributed by atoms with Crippen molar-refractivity contribution < 1.29 is 22.6 Å². The summed E-state index contributed by atoms with van der Waals surface area (Å²) in [5.41, 5.74) is 2.02. The second kappa shape index (κ2) is 10.7. The molecule has 2 N–H and O–H groups in total. The molecule has 4 aromatic rings. The quantitative estimate of drug-likeness (QED) is 0.304. The highest BCUT2D eigenvalue weighted by Gasteiger charge is 2.34. The van der Waals surface area contributed by atoms with Crippen LogP contribution in [0.1, 0.15) is 24.4 Å². The Hall–Kier alpha value is -3.68. The number of halogens is 1. The summed E-state index contributed by atoms with van der Waals surface area (Å²) in [5.74, 6) is 0.979. The molecule has 3 heterocycles. The number of anilines is 1. The number of methoxy groups -OCH3 is 3. The molecule has 0 aliphatic rings. The van der Waals surface area contributed by atoms with Crippen LogP contribution in [-0.4, -0.2) is 64.9 Å². The monoisotopic (exact) mass is 547 g/mol. The van der Waals surface area contributed by atoms with E-state index in [-0.39, 0.29) is 11.8 Å². The van der Waals surface area contributed by atoms with E-state index < -0.39 is 21.4 Å². The zero-order chi connectivity index (χ0) is 26.7. The van der Waals surface area contributed by atoms with Gasteiger partial charge in [0.1, 0.15) is 34.2 Å². The molecule has 0 unspecified atom stereocenters. The molecule has 0 aliphatic carbocycles. The molecule has 0 radical (unpaired) electrons. The van der Waals surface area contributed by atoms with Gasteiger partial charge in [0, 0.05) is 19.0 Å². The normalized spacial score (nSPS) is 13.2. The summed E-state index contributed by atoms with van der Waals surface area (Å²) in [5, 5.41) is 14.9. The van der Waals surface area contributed by atoms with Crippen molar-refractivity contribution in [1.82, 2.24) is 29.9 Å². The van der Waals surface area contributed by atoms with Gasteiger partial charge in [0.05, 0.1) is 24.9 Å². The molecule has 4 rings (SSSR count). The summed E-state index contributed by atoms with van der Waals surface area (Å²) in [6.07, 6.45) is 0.540. The molecule has 14 heteroatoms. The highest BCUT2D eigenvalue weighted by molar-refractivity contribution is 7.93. The molecule has 0 saturated carbocycles. The smallest absolute Gasteiger partial charge is 0.243 e. The molecule has 3 aromatic heterocycles. The van der Waals surface area contributed by atoms with E-state index in [4.69, 9.17) is 25.8 Å². The standard InChI is InChI=1S/C23H26ClN7O5S/c1-13-11-17(27-26-13)22-28-29-23(31(22)20-18(34-3)7-6-8-19(20)35-4)30-37(32,33)14(2)21(36-5)16-10-9-15(24)12-25-16/h6-12,14,21H,1-5H3,(H,26,27)(H,29,30)/t14-,21-/m0/s1. The summed E-state index contributed by atoms with van der Waals surface area (Å²) in [4.78, 5) is 4.22. The topological polar surface area (TPSA) is 146 Å². The Morgan fingerprint density at radius 3 is 2.32 bits per heavy atom. The molecule has 0 aliphatic heterocycles. The molecule has 37 heavy (non-hydrogen) atoms. The third kappa shape index (κ3) is 5.24. The van der Waals surface area contributed by atoms with E-state index in [2.05, 4.69) is 30.1 Å². The number of H-pyrrole nitrogens is 1. The average molecular weight is 548 g/mol. The molecule has 0 fully saturated rings. The Morgan fingerprint density at radius 2 is 1.78 bits per heavy atom. The number of aryl methyl sites for hydroxylation is 1. The second-order valence-corrected chi connectivity index (χ2v) is 10.5. The molecule has 0 bridgehead atoms. The number of rotatable bonds is 10. The van der Waals surface area contributed by atoms with Gasteiger partial charge in [-0.05, 0) is 44.2 Å². The molecule has 0 amide bonds. The molecule has 0 spiro atoms. The van der Waals surface area contributed by atoms with Crippen LogP contribution in [0.25, 0.3) is 17.2 Å². The Bertz CT molecular complexity index is 1470. The van der Waals surface area contributed by atoms with Crippen molar-refractivity contribution in [3.63, 3.8) is 0 Å². The van der Waals surface area contributed by atoms with E-state index in [1.165, 1.54) is 39.0 Å².